The lowest BCUT2D eigenvalue weighted by molar-refractivity contribution is -0.0826. The molecule has 2 N–H and O–H groups in total. The van der Waals surface area contributed by atoms with E-state index in [1.807, 2.05) is 6.07 Å². The topological polar surface area (TPSA) is 90.6 Å². The molecule has 0 aliphatic carbocycles. The molecule has 0 bridgehead atoms. The van der Waals surface area contributed by atoms with E-state index in [2.05, 4.69) is 21.3 Å². The standard InChI is InChI=1S/C22H25ClN4O3/c23-18-7-17(8-19(28)9-18)13-27-5-6-29-15-22(14-27)4-3-20(30-22)12-26-21-2-1-16(10-24)11-25-21/h1-2,7-9,11,20,28H,3-6,12-15H2,(H,25,26)/t20-,22+/m1/s1. The van der Waals surface area contributed by atoms with Crippen molar-refractivity contribution in [2.75, 3.05) is 38.2 Å². The van der Waals surface area contributed by atoms with Gasteiger partial charge in [-0.15, -0.1) is 0 Å². The highest BCUT2D eigenvalue weighted by Gasteiger charge is 2.43. The van der Waals surface area contributed by atoms with Crippen molar-refractivity contribution >= 4 is 17.4 Å². The molecule has 1 aromatic heterocycles. The molecule has 0 unspecified atom stereocenters. The van der Waals surface area contributed by atoms with Gasteiger partial charge in [0.25, 0.3) is 0 Å². The van der Waals surface area contributed by atoms with Gasteiger partial charge in [-0.3, -0.25) is 4.90 Å². The Balaban J connectivity index is 1.35. The number of aromatic hydroxyl groups is 1. The number of aromatic nitrogens is 1. The van der Waals surface area contributed by atoms with Crippen molar-refractivity contribution in [2.45, 2.75) is 31.1 Å². The van der Waals surface area contributed by atoms with Crippen LogP contribution in [-0.4, -0.2) is 59.5 Å². The molecule has 30 heavy (non-hydrogen) atoms. The molecular formula is C22H25ClN4O3. The quantitative estimate of drug-likeness (QED) is 0.755. The minimum Gasteiger partial charge on any atom is -0.508 e. The van der Waals surface area contributed by atoms with Gasteiger partial charge in [-0.2, -0.15) is 5.26 Å². The number of hydrogen-bond donors (Lipinski definition) is 2. The normalized spacial score (nSPS) is 24.5. The van der Waals surface area contributed by atoms with E-state index in [0.717, 1.165) is 37.3 Å². The van der Waals surface area contributed by atoms with E-state index in [4.69, 9.17) is 26.3 Å². The zero-order valence-corrected chi connectivity index (χ0v) is 17.4. The molecule has 2 aromatic rings. The lowest BCUT2D eigenvalue weighted by atomic mass is 9.99. The molecule has 1 aromatic carbocycles. The molecule has 8 heteroatoms. The van der Waals surface area contributed by atoms with Gasteiger partial charge < -0.3 is 19.9 Å². The van der Waals surface area contributed by atoms with Crippen LogP contribution in [0.3, 0.4) is 0 Å². The Morgan fingerprint density at radius 2 is 2.27 bits per heavy atom. The first kappa shape index (κ1) is 20.9. The summed E-state index contributed by atoms with van der Waals surface area (Å²) in [6.07, 6.45) is 3.50. The van der Waals surface area contributed by atoms with Crippen LogP contribution in [0.4, 0.5) is 5.82 Å². The number of nitrogens with one attached hydrogen (secondary N) is 1. The van der Waals surface area contributed by atoms with Crippen LogP contribution in [0, 0.1) is 11.3 Å². The van der Waals surface area contributed by atoms with Gasteiger partial charge in [0, 0.05) is 37.4 Å². The molecule has 4 rings (SSSR count). The number of rotatable bonds is 5. The van der Waals surface area contributed by atoms with E-state index in [0.29, 0.717) is 36.9 Å². The lowest BCUT2D eigenvalue weighted by Gasteiger charge is -2.32. The minimum absolute atomic E-state index is 0.0706. The van der Waals surface area contributed by atoms with Crippen LogP contribution in [-0.2, 0) is 16.0 Å². The fourth-order valence-electron chi connectivity index (χ4n) is 4.15. The second kappa shape index (κ2) is 9.19. The molecule has 1 spiro atoms. The zero-order valence-electron chi connectivity index (χ0n) is 16.7. The Labute approximate surface area is 181 Å². The van der Waals surface area contributed by atoms with Gasteiger partial charge in [0.1, 0.15) is 23.2 Å². The first-order valence-corrected chi connectivity index (χ1v) is 10.5. The first-order chi connectivity index (χ1) is 14.5. The SMILES string of the molecule is N#Cc1ccc(NC[C@H]2CC[C@]3(COCCN(Cc4cc(O)cc(Cl)c4)C3)O2)nc1. The third-order valence-corrected chi connectivity index (χ3v) is 5.74. The molecule has 2 aliphatic rings. The predicted octanol–water partition coefficient (Wildman–Crippen LogP) is 3.17. The third kappa shape index (κ3) is 5.21. The largest absolute Gasteiger partial charge is 0.508 e. The highest BCUT2D eigenvalue weighted by Crippen LogP contribution is 2.34. The van der Waals surface area contributed by atoms with Crippen molar-refractivity contribution in [1.82, 2.24) is 9.88 Å². The van der Waals surface area contributed by atoms with Crippen molar-refractivity contribution in [3.63, 3.8) is 0 Å². The van der Waals surface area contributed by atoms with Crippen LogP contribution in [0.2, 0.25) is 5.02 Å². The highest BCUT2D eigenvalue weighted by atomic mass is 35.5. The summed E-state index contributed by atoms with van der Waals surface area (Å²) in [5.41, 5.74) is 1.18. The number of phenolic OH excluding ortho intramolecular Hbond substituents is 1. The Kier molecular flexibility index (Phi) is 6.40. The van der Waals surface area contributed by atoms with E-state index in [1.165, 1.54) is 0 Å². The number of hydrogen-bond acceptors (Lipinski definition) is 7. The summed E-state index contributed by atoms with van der Waals surface area (Å²) in [7, 11) is 0. The number of anilines is 1. The van der Waals surface area contributed by atoms with E-state index in [-0.39, 0.29) is 17.5 Å². The van der Waals surface area contributed by atoms with Crippen LogP contribution in [0.25, 0.3) is 0 Å². The molecule has 0 radical (unpaired) electrons. The Morgan fingerprint density at radius 3 is 3.03 bits per heavy atom. The van der Waals surface area contributed by atoms with Crippen molar-refractivity contribution in [3.8, 4) is 11.8 Å². The van der Waals surface area contributed by atoms with Crippen molar-refractivity contribution < 1.29 is 14.6 Å². The summed E-state index contributed by atoms with van der Waals surface area (Å²) in [5.74, 6) is 0.913. The Morgan fingerprint density at radius 1 is 1.37 bits per heavy atom. The van der Waals surface area contributed by atoms with Gasteiger partial charge in [-0.05, 0) is 48.7 Å². The molecular weight excluding hydrogens is 404 g/mol. The fourth-order valence-corrected chi connectivity index (χ4v) is 4.40. The molecule has 0 saturated carbocycles. The maximum Gasteiger partial charge on any atom is 0.126 e. The predicted molar refractivity (Wildman–Crippen MR) is 113 cm³/mol. The molecule has 2 aliphatic heterocycles. The number of benzene rings is 1. The summed E-state index contributed by atoms with van der Waals surface area (Å²) >= 11 is 6.09. The molecule has 3 heterocycles. The van der Waals surface area contributed by atoms with Crippen LogP contribution < -0.4 is 5.32 Å². The van der Waals surface area contributed by atoms with Crippen LogP contribution in [0.5, 0.6) is 5.75 Å². The Bertz CT molecular complexity index is 897. The van der Waals surface area contributed by atoms with Gasteiger partial charge in [-0.1, -0.05) is 11.6 Å². The number of nitrogens with zero attached hydrogens (tertiary/aromatic N) is 3. The summed E-state index contributed by atoms with van der Waals surface area (Å²) < 4.78 is 12.3. The average Bonchev–Trinajstić information content (AvgIpc) is 3.01. The van der Waals surface area contributed by atoms with E-state index < -0.39 is 0 Å². The number of halogens is 1. The summed E-state index contributed by atoms with van der Waals surface area (Å²) in [6.45, 7) is 4.14. The van der Waals surface area contributed by atoms with Crippen molar-refractivity contribution in [1.29, 1.82) is 5.26 Å². The number of phenols is 1. The smallest absolute Gasteiger partial charge is 0.126 e. The number of nitriles is 1. The summed E-state index contributed by atoms with van der Waals surface area (Å²) in [5, 5.41) is 22.5. The zero-order chi connectivity index (χ0) is 21.0. The van der Waals surface area contributed by atoms with Gasteiger partial charge >= 0.3 is 0 Å². The molecule has 0 amide bonds. The van der Waals surface area contributed by atoms with E-state index in [9.17, 15) is 5.11 Å². The minimum atomic E-state index is -0.332. The lowest BCUT2D eigenvalue weighted by Crippen LogP contribution is -2.44. The maximum absolute atomic E-state index is 9.82. The van der Waals surface area contributed by atoms with Crippen LogP contribution in [0.15, 0.2) is 36.5 Å². The molecule has 2 atom stereocenters. The number of ether oxygens (including phenoxy) is 2. The second-order valence-corrected chi connectivity index (χ2v) is 8.40. The van der Waals surface area contributed by atoms with Gasteiger partial charge in [0.2, 0.25) is 0 Å². The summed E-state index contributed by atoms with van der Waals surface area (Å²) in [6, 6.07) is 10.8. The maximum atomic E-state index is 9.82. The van der Waals surface area contributed by atoms with Gasteiger partial charge in [0.15, 0.2) is 0 Å². The average molecular weight is 429 g/mol. The van der Waals surface area contributed by atoms with E-state index in [1.54, 1.807) is 30.5 Å². The molecule has 7 nitrogen and oxygen atoms in total. The first-order valence-electron chi connectivity index (χ1n) is 10.1. The van der Waals surface area contributed by atoms with Crippen molar-refractivity contribution in [2.24, 2.45) is 0 Å². The Hall–Kier alpha value is -2.37. The molecule has 2 fully saturated rings. The van der Waals surface area contributed by atoms with E-state index >= 15 is 0 Å². The highest BCUT2D eigenvalue weighted by molar-refractivity contribution is 6.30. The third-order valence-electron chi connectivity index (χ3n) is 5.52. The number of pyridine rings is 1. The van der Waals surface area contributed by atoms with Crippen LogP contribution >= 0.6 is 11.6 Å². The van der Waals surface area contributed by atoms with Gasteiger partial charge in [-0.25, -0.2) is 4.98 Å². The molecule has 2 saturated heterocycles. The van der Waals surface area contributed by atoms with Gasteiger partial charge in [0.05, 0.1) is 24.9 Å². The van der Waals surface area contributed by atoms with Crippen LogP contribution in [0.1, 0.15) is 24.0 Å². The van der Waals surface area contributed by atoms with Crippen molar-refractivity contribution in [3.05, 3.63) is 52.7 Å². The summed E-state index contributed by atoms with van der Waals surface area (Å²) in [4.78, 5) is 6.55. The molecule has 158 valence electrons. The monoisotopic (exact) mass is 428 g/mol. The fraction of sp³-hybridized carbons (Fsp3) is 0.455. The second-order valence-electron chi connectivity index (χ2n) is 7.97.